The third-order valence-corrected chi connectivity index (χ3v) is 2.25. The summed E-state index contributed by atoms with van der Waals surface area (Å²) in [6, 6.07) is 0. The lowest BCUT2D eigenvalue weighted by Crippen LogP contribution is -1.92. The number of thiazole rings is 2. The van der Waals surface area contributed by atoms with Gasteiger partial charge in [-0.15, -0.1) is 22.7 Å². The highest BCUT2D eigenvalue weighted by Gasteiger charge is 2.01. The first-order chi connectivity index (χ1) is 6.30. The molecule has 0 saturated heterocycles. The van der Waals surface area contributed by atoms with E-state index in [1.54, 1.807) is 28.4 Å². The molecule has 0 spiro atoms. The topological polar surface area (TPSA) is 63.1 Å². The Kier molecular flexibility index (Phi) is 4.07. The first kappa shape index (κ1) is 9.82. The zero-order valence-corrected chi connectivity index (χ0v) is 8.09. The van der Waals surface area contributed by atoms with Crippen molar-refractivity contribution in [1.82, 2.24) is 9.97 Å². The van der Waals surface area contributed by atoms with Crippen molar-refractivity contribution in [2.75, 3.05) is 0 Å². The molecule has 13 heavy (non-hydrogen) atoms. The summed E-state index contributed by atoms with van der Waals surface area (Å²) in [7, 11) is 0. The Morgan fingerprint density at radius 2 is 2.23 bits per heavy atom. The predicted octanol–water partition coefficient (Wildman–Crippen LogP) is 1.98. The number of carboxylic acids is 1. The lowest BCUT2D eigenvalue weighted by atomic mass is 10.7. The SMILES string of the molecule is O=C(O)c1nccs1.c1cscn1. The third kappa shape index (κ3) is 3.77. The molecule has 0 aliphatic carbocycles. The molecule has 0 saturated carbocycles. The van der Waals surface area contributed by atoms with Crippen LogP contribution in [0.2, 0.25) is 0 Å². The van der Waals surface area contributed by atoms with E-state index in [2.05, 4.69) is 9.97 Å². The van der Waals surface area contributed by atoms with Gasteiger partial charge in [0.1, 0.15) is 0 Å². The molecule has 2 aromatic heterocycles. The molecule has 0 fully saturated rings. The van der Waals surface area contributed by atoms with E-state index in [-0.39, 0.29) is 5.01 Å². The van der Waals surface area contributed by atoms with Crippen LogP contribution in [0.15, 0.2) is 28.7 Å². The van der Waals surface area contributed by atoms with E-state index < -0.39 is 5.97 Å². The lowest BCUT2D eigenvalue weighted by Gasteiger charge is -1.77. The molecule has 2 heterocycles. The van der Waals surface area contributed by atoms with Crippen LogP contribution in [0.4, 0.5) is 0 Å². The number of nitrogens with zero attached hydrogens (tertiary/aromatic N) is 2. The summed E-state index contributed by atoms with van der Waals surface area (Å²) < 4.78 is 0. The minimum Gasteiger partial charge on any atom is -0.476 e. The monoisotopic (exact) mass is 214 g/mol. The summed E-state index contributed by atoms with van der Waals surface area (Å²) in [6.07, 6.45) is 3.23. The predicted molar refractivity (Wildman–Crippen MR) is 51.2 cm³/mol. The first-order valence-electron chi connectivity index (χ1n) is 3.25. The van der Waals surface area contributed by atoms with Gasteiger partial charge in [0, 0.05) is 23.2 Å². The highest BCUT2D eigenvalue weighted by Crippen LogP contribution is 2.01. The van der Waals surface area contributed by atoms with E-state index >= 15 is 0 Å². The van der Waals surface area contributed by atoms with Crippen molar-refractivity contribution >= 4 is 28.6 Å². The molecule has 2 aromatic rings. The van der Waals surface area contributed by atoms with Crippen LogP contribution in [0.25, 0.3) is 0 Å². The number of aromatic nitrogens is 2. The summed E-state index contributed by atoms with van der Waals surface area (Å²) in [5, 5.41) is 11.9. The van der Waals surface area contributed by atoms with Crippen molar-refractivity contribution in [3.63, 3.8) is 0 Å². The van der Waals surface area contributed by atoms with Gasteiger partial charge in [-0.05, 0) is 0 Å². The van der Waals surface area contributed by atoms with Crippen LogP contribution in [-0.2, 0) is 0 Å². The minimum absolute atomic E-state index is 0.144. The van der Waals surface area contributed by atoms with Crippen molar-refractivity contribution in [3.05, 3.63) is 33.7 Å². The van der Waals surface area contributed by atoms with Gasteiger partial charge in [-0.3, -0.25) is 4.98 Å². The van der Waals surface area contributed by atoms with Crippen LogP contribution in [0, 0.1) is 0 Å². The molecule has 0 aromatic carbocycles. The van der Waals surface area contributed by atoms with E-state index in [0.717, 1.165) is 11.3 Å². The Labute approximate surface area is 82.5 Å². The van der Waals surface area contributed by atoms with E-state index in [4.69, 9.17) is 5.11 Å². The Morgan fingerprint density at radius 3 is 2.46 bits per heavy atom. The summed E-state index contributed by atoms with van der Waals surface area (Å²) in [4.78, 5) is 17.3. The molecule has 0 aliphatic heterocycles. The Morgan fingerprint density at radius 1 is 1.38 bits per heavy atom. The van der Waals surface area contributed by atoms with E-state index in [1.165, 1.54) is 6.20 Å². The van der Waals surface area contributed by atoms with Crippen molar-refractivity contribution in [2.45, 2.75) is 0 Å². The summed E-state index contributed by atoms with van der Waals surface area (Å²) in [6.45, 7) is 0. The molecular formula is C7H6N2O2S2. The molecular weight excluding hydrogens is 208 g/mol. The van der Waals surface area contributed by atoms with Gasteiger partial charge in [0.05, 0.1) is 5.51 Å². The quantitative estimate of drug-likeness (QED) is 0.788. The second-order valence-corrected chi connectivity index (χ2v) is 3.47. The average Bonchev–Trinajstić information content (AvgIpc) is 2.82. The maximum Gasteiger partial charge on any atom is 0.364 e. The standard InChI is InChI=1S/C4H3NO2S.C3H3NS/c6-4(7)3-5-1-2-8-3;1-2-5-3-4-1/h1-2H,(H,6,7);1-3H. The fraction of sp³-hybridized carbons (Fsp3) is 0. The van der Waals surface area contributed by atoms with Crippen molar-refractivity contribution in [1.29, 1.82) is 0 Å². The highest BCUT2D eigenvalue weighted by molar-refractivity contribution is 7.11. The van der Waals surface area contributed by atoms with Gasteiger partial charge in [-0.2, -0.15) is 0 Å². The van der Waals surface area contributed by atoms with Gasteiger partial charge in [0.2, 0.25) is 5.01 Å². The highest BCUT2D eigenvalue weighted by atomic mass is 32.1. The molecule has 0 aliphatic rings. The van der Waals surface area contributed by atoms with Crippen molar-refractivity contribution in [2.24, 2.45) is 0 Å². The number of hydrogen-bond acceptors (Lipinski definition) is 5. The van der Waals surface area contributed by atoms with Gasteiger partial charge in [0.15, 0.2) is 0 Å². The van der Waals surface area contributed by atoms with Crippen LogP contribution in [0.5, 0.6) is 0 Å². The van der Waals surface area contributed by atoms with Crippen molar-refractivity contribution in [3.8, 4) is 0 Å². The fourth-order valence-electron chi connectivity index (χ4n) is 0.505. The zero-order chi connectivity index (χ0) is 9.52. The van der Waals surface area contributed by atoms with Crippen LogP contribution >= 0.6 is 22.7 Å². The van der Waals surface area contributed by atoms with Crippen LogP contribution in [-0.4, -0.2) is 21.0 Å². The molecule has 4 nitrogen and oxygen atoms in total. The van der Waals surface area contributed by atoms with Gasteiger partial charge in [0.25, 0.3) is 0 Å². The van der Waals surface area contributed by atoms with Gasteiger partial charge >= 0.3 is 5.97 Å². The van der Waals surface area contributed by atoms with E-state index in [0.29, 0.717) is 0 Å². The molecule has 0 unspecified atom stereocenters. The summed E-state index contributed by atoms with van der Waals surface area (Å²) in [5.74, 6) is -0.958. The fourth-order valence-corrected chi connectivity index (χ4v) is 1.33. The number of carbonyl (C=O) groups is 1. The zero-order valence-electron chi connectivity index (χ0n) is 6.45. The van der Waals surface area contributed by atoms with E-state index in [1.807, 2.05) is 5.38 Å². The van der Waals surface area contributed by atoms with E-state index in [9.17, 15) is 4.79 Å². The molecule has 0 amide bonds. The normalized spacial score (nSPS) is 8.62. The number of rotatable bonds is 1. The lowest BCUT2D eigenvalue weighted by molar-refractivity contribution is 0.0696. The molecule has 1 N–H and O–H groups in total. The molecule has 0 radical (unpaired) electrons. The number of aromatic carboxylic acids is 1. The van der Waals surface area contributed by atoms with Gasteiger partial charge in [-0.1, -0.05) is 0 Å². The largest absolute Gasteiger partial charge is 0.476 e. The number of carboxylic acid groups (broad SMARTS) is 1. The van der Waals surface area contributed by atoms with Crippen LogP contribution < -0.4 is 0 Å². The minimum atomic E-state index is -0.958. The Hall–Kier alpha value is -1.27. The smallest absolute Gasteiger partial charge is 0.364 e. The van der Waals surface area contributed by atoms with Gasteiger partial charge < -0.3 is 5.11 Å². The molecule has 0 atom stereocenters. The number of hydrogen-bond donors (Lipinski definition) is 1. The average molecular weight is 214 g/mol. The third-order valence-electron chi connectivity index (χ3n) is 0.962. The van der Waals surface area contributed by atoms with Gasteiger partial charge in [-0.25, -0.2) is 9.78 Å². The van der Waals surface area contributed by atoms with Crippen molar-refractivity contribution < 1.29 is 9.90 Å². The Bertz CT molecular complexity index is 314. The maximum absolute atomic E-state index is 10.0. The summed E-state index contributed by atoms with van der Waals surface area (Å²) >= 11 is 2.72. The van der Waals surface area contributed by atoms with Crippen LogP contribution in [0.1, 0.15) is 9.80 Å². The summed E-state index contributed by atoms with van der Waals surface area (Å²) in [5.41, 5.74) is 1.79. The molecule has 2 rings (SSSR count). The second-order valence-electron chi connectivity index (χ2n) is 1.82. The van der Waals surface area contributed by atoms with Crippen LogP contribution in [0.3, 0.4) is 0 Å². The second kappa shape index (κ2) is 5.39. The molecule has 68 valence electrons. The molecule has 6 heteroatoms. The first-order valence-corrected chi connectivity index (χ1v) is 5.08. The molecule has 0 bridgehead atoms. The Balaban J connectivity index is 0.000000145. The maximum atomic E-state index is 10.0.